The number of carbonyl (C=O) groups excluding carboxylic acids is 2. The van der Waals surface area contributed by atoms with Gasteiger partial charge in [0.1, 0.15) is 11.3 Å². The molecule has 28 heavy (non-hydrogen) atoms. The molecule has 3 rings (SSSR count). The molecule has 0 atom stereocenters. The first kappa shape index (κ1) is 18.8. The number of benzene rings is 2. The van der Waals surface area contributed by atoms with Crippen molar-refractivity contribution in [2.45, 2.75) is 6.92 Å². The van der Waals surface area contributed by atoms with Gasteiger partial charge in [-0.25, -0.2) is 11.3 Å². The molecule has 0 radical (unpaired) electrons. The first-order valence-corrected chi connectivity index (χ1v) is 8.23. The first-order valence-electron chi connectivity index (χ1n) is 8.23. The van der Waals surface area contributed by atoms with Gasteiger partial charge in [0.25, 0.3) is 5.56 Å². The van der Waals surface area contributed by atoms with E-state index in [0.717, 1.165) is 0 Å². The number of aromatic hydroxyl groups is 1. The Balaban J connectivity index is 2.23. The average Bonchev–Trinajstić information content (AvgIpc) is 2.72. The summed E-state index contributed by atoms with van der Waals surface area (Å²) in [5.74, 6) is 2.41. The number of hydrazine groups is 1. The molecule has 0 saturated heterocycles. The van der Waals surface area contributed by atoms with E-state index in [9.17, 15) is 19.5 Å². The molecular formula is C19H17N5O4. The van der Waals surface area contributed by atoms with Crippen LogP contribution in [0.25, 0.3) is 16.6 Å². The molecule has 0 bridgehead atoms. The van der Waals surface area contributed by atoms with Gasteiger partial charge in [0, 0.05) is 11.1 Å². The van der Waals surface area contributed by atoms with E-state index in [1.807, 2.05) is 11.5 Å². The lowest BCUT2D eigenvalue weighted by molar-refractivity contribution is -0.139. The maximum absolute atomic E-state index is 13.2. The van der Waals surface area contributed by atoms with Crippen molar-refractivity contribution in [3.63, 3.8) is 0 Å². The van der Waals surface area contributed by atoms with Gasteiger partial charge in [-0.3, -0.25) is 24.4 Å². The monoisotopic (exact) mass is 379 g/mol. The van der Waals surface area contributed by atoms with Gasteiger partial charge in [0.15, 0.2) is 0 Å². The second-order valence-corrected chi connectivity index (χ2v) is 5.83. The highest BCUT2D eigenvalue weighted by Gasteiger charge is 2.20. The lowest BCUT2D eigenvalue weighted by atomic mass is 10.1. The Hall–Kier alpha value is -3.98. The third-order valence-corrected chi connectivity index (χ3v) is 4.09. The van der Waals surface area contributed by atoms with E-state index < -0.39 is 17.4 Å². The van der Waals surface area contributed by atoms with Crippen LogP contribution in [0.4, 0.5) is 0 Å². The minimum atomic E-state index is -1.11. The van der Waals surface area contributed by atoms with Crippen molar-refractivity contribution in [3.05, 3.63) is 70.5 Å². The molecule has 5 N–H and O–H groups in total. The van der Waals surface area contributed by atoms with Gasteiger partial charge in [-0.05, 0) is 31.2 Å². The second kappa shape index (κ2) is 7.72. The van der Waals surface area contributed by atoms with Crippen molar-refractivity contribution in [2.75, 3.05) is 0 Å². The number of hydrogen-bond donors (Lipinski definition) is 4. The van der Waals surface area contributed by atoms with E-state index in [1.54, 1.807) is 54.0 Å². The van der Waals surface area contributed by atoms with Crippen molar-refractivity contribution < 1.29 is 14.7 Å². The molecule has 9 heteroatoms. The summed E-state index contributed by atoms with van der Waals surface area (Å²) >= 11 is 0. The molecule has 9 nitrogen and oxygen atoms in total. The number of aromatic nitrogens is 1. The zero-order valence-electron chi connectivity index (χ0n) is 14.8. The maximum atomic E-state index is 13.2. The maximum Gasteiger partial charge on any atom is 0.330 e. The summed E-state index contributed by atoms with van der Waals surface area (Å²) in [6, 6.07) is 15.8. The van der Waals surface area contributed by atoms with Gasteiger partial charge in [0.2, 0.25) is 0 Å². The highest BCUT2D eigenvalue weighted by Crippen LogP contribution is 2.28. The fourth-order valence-corrected chi connectivity index (χ4v) is 2.79. The standard InChI is InChI=1S/C19H17N5O4/c1-11(22-23-18(27)17(26)21-20)15-16(25)13-9-5-6-10-14(13)24(19(15)28)12-7-3-2-4-8-12/h2-10,25H,20H2,1H3,(H,21,26)(H,23,27)/b22-11-. The summed E-state index contributed by atoms with van der Waals surface area (Å²) in [6.07, 6.45) is 0. The van der Waals surface area contributed by atoms with Crippen LogP contribution in [0, 0.1) is 0 Å². The molecule has 0 aliphatic heterocycles. The van der Waals surface area contributed by atoms with E-state index in [1.165, 1.54) is 11.5 Å². The number of carbonyl (C=O) groups is 2. The highest BCUT2D eigenvalue weighted by atomic mass is 16.3. The number of rotatable bonds is 3. The molecular weight excluding hydrogens is 362 g/mol. The Labute approximate surface area is 159 Å². The second-order valence-electron chi connectivity index (χ2n) is 5.83. The van der Waals surface area contributed by atoms with Gasteiger partial charge < -0.3 is 5.11 Å². The van der Waals surface area contributed by atoms with E-state index in [0.29, 0.717) is 16.6 Å². The van der Waals surface area contributed by atoms with Crippen LogP contribution in [0.15, 0.2) is 64.5 Å². The van der Waals surface area contributed by atoms with Crippen LogP contribution in [0.3, 0.4) is 0 Å². The Morgan fingerprint density at radius 1 is 1.04 bits per heavy atom. The van der Waals surface area contributed by atoms with Gasteiger partial charge in [0.05, 0.1) is 11.2 Å². The Kier molecular flexibility index (Phi) is 5.18. The zero-order valence-corrected chi connectivity index (χ0v) is 14.8. The fraction of sp³-hybridized carbons (Fsp3) is 0.0526. The Morgan fingerprint density at radius 3 is 2.36 bits per heavy atom. The lowest BCUT2D eigenvalue weighted by Gasteiger charge is -2.15. The lowest BCUT2D eigenvalue weighted by Crippen LogP contribution is -2.41. The molecule has 2 amide bonds. The van der Waals surface area contributed by atoms with Crippen LogP contribution in [-0.4, -0.2) is 27.2 Å². The number of hydrazone groups is 1. The number of amides is 2. The van der Waals surface area contributed by atoms with E-state index in [-0.39, 0.29) is 17.0 Å². The van der Waals surface area contributed by atoms with Crippen LogP contribution in [-0.2, 0) is 9.59 Å². The molecule has 0 unspecified atom stereocenters. The number of para-hydroxylation sites is 2. The summed E-state index contributed by atoms with van der Waals surface area (Å²) < 4.78 is 1.44. The van der Waals surface area contributed by atoms with E-state index >= 15 is 0 Å². The van der Waals surface area contributed by atoms with Crippen LogP contribution in [0.2, 0.25) is 0 Å². The molecule has 0 saturated carbocycles. The number of pyridine rings is 1. The van der Waals surface area contributed by atoms with Gasteiger partial charge in [-0.15, -0.1) is 0 Å². The first-order chi connectivity index (χ1) is 13.5. The van der Waals surface area contributed by atoms with Gasteiger partial charge in [-0.2, -0.15) is 5.10 Å². The number of nitrogens with zero attached hydrogens (tertiary/aromatic N) is 2. The van der Waals surface area contributed by atoms with Crippen LogP contribution in [0.5, 0.6) is 5.75 Å². The van der Waals surface area contributed by atoms with E-state index in [4.69, 9.17) is 5.84 Å². The highest BCUT2D eigenvalue weighted by molar-refractivity contribution is 6.35. The molecule has 3 aromatic rings. The molecule has 0 aliphatic rings. The summed E-state index contributed by atoms with van der Waals surface area (Å²) in [5.41, 5.74) is 4.17. The van der Waals surface area contributed by atoms with Gasteiger partial charge >= 0.3 is 11.8 Å². The number of hydrogen-bond acceptors (Lipinski definition) is 6. The zero-order chi connectivity index (χ0) is 20.3. The SMILES string of the molecule is C/C(=N/NC(=O)C(=O)NN)c1c(O)c2ccccc2n(-c2ccccc2)c1=O. The van der Waals surface area contributed by atoms with Crippen molar-refractivity contribution in [1.29, 1.82) is 0 Å². The minimum absolute atomic E-state index is 0.0242. The molecule has 1 heterocycles. The number of nitrogens with one attached hydrogen (secondary N) is 2. The van der Waals surface area contributed by atoms with Crippen LogP contribution >= 0.6 is 0 Å². The molecule has 142 valence electrons. The van der Waals surface area contributed by atoms with Crippen molar-refractivity contribution >= 4 is 28.4 Å². The molecule has 0 fully saturated rings. The summed E-state index contributed by atoms with van der Waals surface area (Å²) in [4.78, 5) is 35.9. The Bertz CT molecular complexity index is 1150. The number of nitrogens with two attached hydrogens (primary N) is 1. The largest absolute Gasteiger partial charge is 0.506 e. The summed E-state index contributed by atoms with van der Waals surface area (Å²) in [6.45, 7) is 1.43. The molecule has 1 aromatic heterocycles. The third-order valence-electron chi connectivity index (χ3n) is 4.09. The predicted molar refractivity (Wildman–Crippen MR) is 104 cm³/mol. The smallest absolute Gasteiger partial charge is 0.330 e. The van der Waals surface area contributed by atoms with Crippen molar-refractivity contribution in [2.24, 2.45) is 10.9 Å². The quantitative estimate of drug-likeness (QED) is 0.173. The summed E-state index contributed by atoms with van der Waals surface area (Å²) in [5, 5.41) is 14.9. The average molecular weight is 379 g/mol. The molecule has 2 aromatic carbocycles. The predicted octanol–water partition coefficient (Wildman–Crippen LogP) is 0.526. The number of fused-ring (bicyclic) bond motifs is 1. The van der Waals surface area contributed by atoms with Gasteiger partial charge in [-0.1, -0.05) is 30.3 Å². The van der Waals surface area contributed by atoms with Crippen LogP contribution < -0.4 is 22.3 Å². The van der Waals surface area contributed by atoms with Crippen molar-refractivity contribution in [3.8, 4) is 11.4 Å². The van der Waals surface area contributed by atoms with Crippen LogP contribution in [0.1, 0.15) is 12.5 Å². The normalized spacial score (nSPS) is 11.3. The summed E-state index contributed by atoms with van der Waals surface area (Å²) in [7, 11) is 0. The Morgan fingerprint density at radius 2 is 1.68 bits per heavy atom. The molecule has 0 aliphatic carbocycles. The van der Waals surface area contributed by atoms with E-state index in [2.05, 4.69) is 5.10 Å². The third kappa shape index (κ3) is 3.33. The topological polar surface area (TPSA) is 139 Å². The fourth-order valence-electron chi connectivity index (χ4n) is 2.79. The van der Waals surface area contributed by atoms with Crippen molar-refractivity contribution in [1.82, 2.24) is 15.4 Å². The minimum Gasteiger partial charge on any atom is -0.506 e. The molecule has 0 spiro atoms.